The van der Waals surface area contributed by atoms with Crippen molar-refractivity contribution in [2.75, 3.05) is 0 Å². The van der Waals surface area contributed by atoms with Gasteiger partial charge < -0.3 is 11.1 Å². The van der Waals surface area contributed by atoms with E-state index in [0.29, 0.717) is 12.1 Å². The van der Waals surface area contributed by atoms with Gasteiger partial charge in [-0.1, -0.05) is 12.1 Å². The van der Waals surface area contributed by atoms with Crippen LogP contribution >= 0.6 is 0 Å². The molecule has 1 aliphatic heterocycles. The van der Waals surface area contributed by atoms with E-state index in [1.54, 1.807) is 24.3 Å². The fourth-order valence-corrected chi connectivity index (χ4v) is 1.70. The van der Waals surface area contributed by atoms with E-state index in [0.717, 1.165) is 5.56 Å². The van der Waals surface area contributed by atoms with E-state index >= 15 is 0 Å². The van der Waals surface area contributed by atoms with E-state index in [-0.39, 0.29) is 18.2 Å². The quantitative estimate of drug-likeness (QED) is 0.614. The van der Waals surface area contributed by atoms with Crippen molar-refractivity contribution in [3.8, 4) is 0 Å². The molecule has 1 aromatic carbocycles. The molecule has 3 amide bonds. The Bertz CT molecular complexity index is 496. The molecule has 18 heavy (non-hydrogen) atoms. The number of benzene rings is 1. The topological polar surface area (TPSA) is 101 Å². The molecule has 0 bridgehead atoms. The maximum Gasteiger partial charge on any atom is 0.251 e. The average Bonchev–Trinajstić information content (AvgIpc) is 2.68. The van der Waals surface area contributed by atoms with E-state index in [1.165, 1.54) is 0 Å². The number of nitrogens with two attached hydrogens (primary N) is 1. The Kier molecular flexibility index (Phi) is 3.38. The Balaban J connectivity index is 2.03. The van der Waals surface area contributed by atoms with Gasteiger partial charge in [0.2, 0.25) is 11.8 Å². The van der Waals surface area contributed by atoms with Crippen LogP contribution in [0.2, 0.25) is 0 Å². The van der Waals surface area contributed by atoms with Crippen LogP contribution in [0.3, 0.4) is 0 Å². The van der Waals surface area contributed by atoms with Crippen molar-refractivity contribution >= 4 is 17.7 Å². The third-order valence-corrected chi connectivity index (χ3v) is 2.73. The van der Waals surface area contributed by atoms with Gasteiger partial charge in [-0.15, -0.1) is 0 Å². The van der Waals surface area contributed by atoms with Gasteiger partial charge in [-0.3, -0.25) is 19.7 Å². The van der Waals surface area contributed by atoms with Crippen LogP contribution in [0.25, 0.3) is 0 Å². The standard InChI is InChI=1S/C12H13N3O3/c13-6-7-1-3-8(4-2-7)11(17)14-9-5-10(16)15-12(9)18/h1-4,9H,5-6,13H2,(H,14,17)(H,15,16,18). The fourth-order valence-electron chi connectivity index (χ4n) is 1.70. The average molecular weight is 247 g/mol. The van der Waals surface area contributed by atoms with Gasteiger partial charge in [0.25, 0.3) is 5.91 Å². The van der Waals surface area contributed by atoms with E-state index in [2.05, 4.69) is 10.6 Å². The summed E-state index contributed by atoms with van der Waals surface area (Å²) in [6.07, 6.45) is -0.00848. The van der Waals surface area contributed by atoms with E-state index in [1.807, 2.05) is 0 Å². The van der Waals surface area contributed by atoms with Crippen LogP contribution in [-0.2, 0) is 16.1 Å². The minimum absolute atomic E-state index is 0.00848. The number of hydrogen-bond acceptors (Lipinski definition) is 4. The summed E-state index contributed by atoms with van der Waals surface area (Å²) in [6.45, 7) is 0.404. The summed E-state index contributed by atoms with van der Waals surface area (Å²) in [4.78, 5) is 34.1. The second-order valence-electron chi connectivity index (χ2n) is 4.04. The van der Waals surface area contributed by atoms with Crippen molar-refractivity contribution in [2.24, 2.45) is 5.73 Å². The molecule has 1 aromatic rings. The van der Waals surface area contributed by atoms with Gasteiger partial charge in [-0.2, -0.15) is 0 Å². The lowest BCUT2D eigenvalue weighted by Crippen LogP contribution is -2.40. The van der Waals surface area contributed by atoms with Crippen LogP contribution in [-0.4, -0.2) is 23.8 Å². The zero-order valence-corrected chi connectivity index (χ0v) is 9.60. The van der Waals surface area contributed by atoms with Gasteiger partial charge in [0.1, 0.15) is 6.04 Å². The van der Waals surface area contributed by atoms with Gasteiger partial charge in [-0.05, 0) is 17.7 Å². The van der Waals surface area contributed by atoms with Crippen LogP contribution in [0.5, 0.6) is 0 Å². The van der Waals surface area contributed by atoms with E-state index in [9.17, 15) is 14.4 Å². The number of imide groups is 1. The predicted octanol–water partition coefficient (Wildman–Crippen LogP) is -0.710. The third kappa shape index (κ3) is 2.54. The van der Waals surface area contributed by atoms with Gasteiger partial charge in [0.05, 0.1) is 6.42 Å². The Morgan fingerprint density at radius 3 is 2.50 bits per heavy atom. The summed E-state index contributed by atoms with van der Waals surface area (Å²) < 4.78 is 0. The van der Waals surface area contributed by atoms with Crippen molar-refractivity contribution in [3.63, 3.8) is 0 Å². The molecule has 0 aromatic heterocycles. The van der Waals surface area contributed by atoms with E-state index < -0.39 is 11.9 Å². The second-order valence-corrected chi connectivity index (χ2v) is 4.04. The van der Waals surface area contributed by atoms with Gasteiger partial charge in [-0.25, -0.2) is 0 Å². The van der Waals surface area contributed by atoms with Gasteiger partial charge >= 0.3 is 0 Å². The molecule has 1 aliphatic rings. The zero-order valence-electron chi connectivity index (χ0n) is 9.60. The normalized spacial score (nSPS) is 18.6. The summed E-state index contributed by atoms with van der Waals surface area (Å²) >= 11 is 0. The first-order valence-electron chi connectivity index (χ1n) is 5.53. The Morgan fingerprint density at radius 2 is 2.00 bits per heavy atom. The van der Waals surface area contributed by atoms with Crippen molar-refractivity contribution in [1.29, 1.82) is 0 Å². The predicted molar refractivity (Wildman–Crippen MR) is 63.4 cm³/mol. The molecular formula is C12H13N3O3. The molecule has 1 unspecified atom stereocenters. The fraction of sp³-hybridized carbons (Fsp3) is 0.250. The number of rotatable bonds is 3. The van der Waals surface area contributed by atoms with Gasteiger partial charge in [0, 0.05) is 12.1 Å². The number of carbonyl (C=O) groups excluding carboxylic acids is 3. The molecule has 0 saturated carbocycles. The summed E-state index contributed by atoms with van der Waals surface area (Å²) in [6, 6.07) is 5.97. The number of hydrogen-bond donors (Lipinski definition) is 3. The van der Waals surface area contributed by atoms with Crippen LogP contribution in [0.15, 0.2) is 24.3 Å². The highest BCUT2D eigenvalue weighted by molar-refractivity contribution is 6.08. The highest BCUT2D eigenvalue weighted by Crippen LogP contribution is 2.06. The third-order valence-electron chi connectivity index (χ3n) is 2.73. The van der Waals surface area contributed by atoms with E-state index in [4.69, 9.17) is 5.73 Å². The highest BCUT2D eigenvalue weighted by Gasteiger charge is 2.31. The highest BCUT2D eigenvalue weighted by atomic mass is 16.2. The summed E-state index contributed by atoms with van der Waals surface area (Å²) in [7, 11) is 0. The molecule has 0 radical (unpaired) electrons. The number of nitrogens with one attached hydrogen (secondary N) is 2. The zero-order chi connectivity index (χ0) is 13.1. The minimum atomic E-state index is -0.779. The minimum Gasteiger partial charge on any atom is -0.340 e. The summed E-state index contributed by atoms with van der Waals surface area (Å²) in [5.74, 6) is -1.22. The van der Waals surface area contributed by atoms with Crippen molar-refractivity contribution in [1.82, 2.24) is 10.6 Å². The van der Waals surface area contributed by atoms with Crippen molar-refractivity contribution in [2.45, 2.75) is 19.0 Å². The first kappa shape index (κ1) is 12.3. The van der Waals surface area contributed by atoms with Crippen LogP contribution < -0.4 is 16.4 Å². The van der Waals surface area contributed by atoms with Crippen molar-refractivity contribution < 1.29 is 14.4 Å². The summed E-state index contributed by atoms with van der Waals surface area (Å²) in [5, 5.41) is 4.64. The maximum atomic E-state index is 11.8. The molecular weight excluding hydrogens is 234 g/mol. The molecule has 0 spiro atoms. The monoisotopic (exact) mass is 247 g/mol. The Morgan fingerprint density at radius 1 is 1.33 bits per heavy atom. The molecule has 1 fully saturated rings. The van der Waals surface area contributed by atoms with Crippen molar-refractivity contribution in [3.05, 3.63) is 35.4 Å². The van der Waals surface area contributed by atoms with Gasteiger partial charge in [0.15, 0.2) is 0 Å². The lowest BCUT2D eigenvalue weighted by molar-refractivity contribution is -0.125. The largest absolute Gasteiger partial charge is 0.340 e. The number of amides is 3. The molecule has 6 heteroatoms. The lowest BCUT2D eigenvalue weighted by atomic mass is 10.1. The summed E-state index contributed by atoms with van der Waals surface area (Å²) in [5.41, 5.74) is 6.80. The Labute approximate surface area is 104 Å². The molecule has 0 aliphatic carbocycles. The molecule has 1 atom stereocenters. The SMILES string of the molecule is NCc1ccc(C(=O)NC2CC(=O)NC2=O)cc1. The Hall–Kier alpha value is -2.21. The second kappa shape index (κ2) is 4.97. The molecule has 4 N–H and O–H groups in total. The number of carbonyl (C=O) groups is 3. The smallest absolute Gasteiger partial charge is 0.251 e. The molecule has 1 saturated heterocycles. The van der Waals surface area contributed by atoms with Crippen LogP contribution in [0.4, 0.5) is 0 Å². The molecule has 2 rings (SSSR count). The van der Waals surface area contributed by atoms with Crippen LogP contribution in [0, 0.1) is 0 Å². The molecule has 94 valence electrons. The first-order valence-corrected chi connectivity index (χ1v) is 5.53. The lowest BCUT2D eigenvalue weighted by Gasteiger charge is -2.09. The van der Waals surface area contributed by atoms with Crippen LogP contribution in [0.1, 0.15) is 22.3 Å². The maximum absolute atomic E-state index is 11.8. The molecule has 6 nitrogen and oxygen atoms in total. The molecule has 1 heterocycles. The first-order chi connectivity index (χ1) is 8.60.